The van der Waals surface area contributed by atoms with Gasteiger partial charge in [0, 0.05) is 23.2 Å². The summed E-state index contributed by atoms with van der Waals surface area (Å²) in [4.78, 5) is 38.1. The van der Waals surface area contributed by atoms with Crippen LogP contribution < -0.4 is 5.32 Å². The molecule has 3 fully saturated rings. The van der Waals surface area contributed by atoms with Crippen LogP contribution in [0.3, 0.4) is 0 Å². The Hall–Kier alpha value is -1.90. The van der Waals surface area contributed by atoms with Gasteiger partial charge in [-0.15, -0.1) is 0 Å². The molecule has 0 spiro atoms. The number of ketones is 2. The van der Waals surface area contributed by atoms with Crippen molar-refractivity contribution in [1.82, 2.24) is 5.32 Å². The number of aliphatic hydroxyl groups is 2. The van der Waals surface area contributed by atoms with E-state index < -0.39 is 58.4 Å². The zero-order valence-corrected chi connectivity index (χ0v) is 26.1. The number of unbranched alkanes of at least 4 members (excludes halogenated alkanes) is 5. The van der Waals surface area contributed by atoms with Crippen molar-refractivity contribution in [2.45, 2.75) is 122 Å². The zero-order chi connectivity index (χ0) is 30.8. The number of esters is 1. The molecular weight excluding hydrogens is 537 g/mol. The normalized spacial score (nSPS) is 38.8. The van der Waals surface area contributed by atoms with Crippen molar-refractivity contribution in [2.24, 2.45) is 28.6 Å². The van der Waals surface area contributed by atoms with Crippen LogP contribution in [0.4, 0.5) is 4.39 Å². The molecule has 236 valence electrons. The van der Waals surface area contributed by atoms with Crippen LogP contribution >= 0.6 is 0 Å². The number of ether oxygens (including phenoxy) is 1. The van der Waals surface area contributed by atoms with Crippen LogP contribution in [0.15, 0.2) is 23.8 Å². The van der Waals surface area contributed by atoms with Crippen LogP contribution in [0.1, 0.15) is 105 Å². The molecule has 4 aliphatic carbocycles. The van der Waals surface area contributed by atoms with Gasteiger partial charge in [0.2, 0.25) is 5.78 Å². The fraction of sp³-hybridized carbons (Fsp3) is 0.794. The molecule has 0 aromatic heterocycles. The maximum atomic E-state index is 17.3. The topological polar surface area (TPSA) is 113 Å². The van der Waals surface area contributed by atoms with Gasteiger partial charge in [-0.05, 0) is 88.9 Å². The SMILES string of the molecule is CCCCCCNCCCCCC(=O)OCC(=O)[C@]1(O)[C@@H](C)C[C@@H]2[C@H]3CCC4=CC(=O)C=C[C@@]4(C)[C@]3(F)[C@H](O)C[C@]21C. The first-order valence-electron chi connectivity index (χ1n) is 16.3. The fourth-order valence-electron chi connectivity index (χ4n) is 8.97. The highest BCUT2D eigenvalue weighted by Gasteiger charge is 2.75. The summed E-state index contributed by atoms with van der Waals surface area (Å²) in [5, 5.41) is 26.9. The van der Waals surface area contributed by atoms with E-state index in [-0.39, 0.29) is 24.5 Å². The van der Waals surface area contributed by atoms with E-state index in [1.54, 1.807) is 26.8 Å². The lowest BCUT2D eigenvalue weighted by Gasteiger charge is -2.62. The smallest absolute Gasteiger partial charge is 0.306 e. The number of rotatable bonds is 14. The lowest BCUT2D eigenvalue weighted by atomic mass is 9.44. The second-order valence-corrected chi connectivity index (χ2v) is 13.9. The third kappa shape index (κ3) is 5.56. The quantitative estimate of drug-likeness (QED) is 0.189. The van der Waals surface area contributed by atoms with Crippen molar-refractivity contribution < 1.29 is 33.7 Å². The van der Waals surface area contributed by atoms with Crippen LogP contribution in [0.2, 0.25) is 0 Å². The predicted octanol–water partition coefficient (Wildman–Crippen LogP) is 5.18. The largest absolute Gasteiger partial charge is 0.458 e. The number of nitrogens with one attached hydrogen (secondary N) is 1. The molecule has 0 aliphatic heterocycles. The number of fused-ring (bicyclic) bond motifs is 5. The lowest BCUT2D eigenvalue weighted by Crippen LogP contribution is -2.69. The van der Waals surface area contributed by atoms with E-state index >= 15 is 4.39 Å². The minimum atomic E-state index is -2.02. The van der Waals surface area contributed by atoms with Crippen LogP contribution in [0, 0.1) is 28.6 Å². The summed E-state index contributed by atoms with van der Waals surface area (Å²) >= 11 is 0. The Bertz CT molecular complexity index is 1090. The molecule has 8 heteroatoms. The molecule has 0 radical (unpaired) electrons. The molecule has 7 nitrogen and oxygen atoms in total. The van der Waals surface area contributed by atoms with Gasteiger partial charge < -0.3 is 20.3 Å². The Kier molecular flexibility index (Phi) is 10.2. The molecule has 4 rings (SSSR count). The van der Waals surface area contributed by atoms with Gasteiger partial charge >= 0.3 is 5.97 Å². The van der Waals surface area contributed by atoms with Gasteiger partial charge in [0.25, 0.3) is 0 Å². The maximum Gasteiger partial charge on any atom is 0.306 e. The molecule has 0 saturated heterocycles. The summed E-state index contributed by atoms with van der Waals surface area (Å²) in [6.45, 7) is 8.94. The Balaban J connectivity index is 1.33. The minimum absolute atomic E-state index is 0.0948. The average molecular weight is 590 g/mol. The average Bonchev–Trinajstić information content (AvgIpc) is 3.15. The van der Waals surface area contributed by atoms with Gasteiger partial charge in [0.05, 0.1) is 6.10 Å². The Labute approximate surface area is 250 Å². The molecule has 42 heavy (non-hydrogen) atoms. The van der Waals surface area contributed by atoms with E-state index in [0.29, 0.717) is 31.3 Å². The molecule has 4 aliphatic rings. The summed E-state index contributed by atoms with van der Waals surface area (Å²) in [6.07, 6.45) is 12.0. The number of hydrogen-bond acceptors (Lipinski definition) is 7. The number of alkyl halides is 1. The Morgan fingerprint density at radius 3 is 2.48 bits per heavy atom. The third-order valence-electron chi connectivity index (χ3n) is 11.5. The van der Waals surface area contributed by atoms with Crippen LogP contribution in [-0.2, 0) is 19.1 Å². The molecule has 0 bridgehead atoms. The van der Waals surface area contributed by atoms with Gasteiger partial charge in [-0.25, -0.2) is 4.39 Å². The van der Waals surface area contributed by atoms with Crippen molar-refractivity contribution in [2.75, 3.05) is 19.7 Å². The van der Waals surface area contributed by atoms with E-state index in [2.05, 4.69) is 12.2 Å². The molecular formula is C34H52FNO6. The highest BCUT2D eigenvalue weighted by Crippen LogP contribution is 2.70. The summed E-state index contributed by atoms with van der Waals surface area (Å²) in [5.74, 6) is -2.65. The number of halogens is 1. The van der Waals surface area contributed by atoms with Gasteiger partial charge in [-0.2, -0.15) is 0 Å². The van der Waals surface area contributed by atoms with Crippen molar-refractivity contribution in [3.63, 3.8) is 0 Å². The van der Waals surface area contributed by atoms with E-state index in [1.807, 2.05) is 0 Å². The van der Waals surface area contributed by atoms with Gasteiger partial charge in [0.1, 0.15) is 5.60 Å². The summed E-state index contributed by atoms with van der Waals surface area (Å²) in [6, 6.07) is 0. The summed E-state index contributed by atoms with van der Waals surface area (Å²) in [7, 11) is 0. The predicted molar refractivity (Wildman–Crippen MR) is 159 cm³/mol. The molecule has 3 N–H and O–H groups in total. The number of carbonyl (C=O) groups is 3. The Morgan fingerprint density at radius 1 is 1.10 bits per heavy atom. The van der Waals surface area contributed by atoms with Gasteiger partial charge in [0.15, 0.2) is 18.1 Å². The van der Waals surface area contributed by atoms with Crippen molar-refractivity contribution >= 4 is 17.5 Å². The first-order valence-corrected chi connectivity index (χ1v) is 16.3. The highest BCUT2D eigenvalue weighted by molar-refractivity contribution is 6.01. The standard InChI is InChI=1S/C34H52FNO6/c1-5-6-7-10-17-36-18-11-8-9-12-30(40)42-22-29(39)34(41)23(2)19-27-26-14-13-24-20-25(37)15-16-31(24,3)33(26,35)28(38)21-32(27,34)4/h15-16,20,23,26-28,36,38,41H,5-14,17-19,21-22H2,1-4H3/t23-,26+,27+,28+,31+,32+,33+,34+/m0/s1. The van der Waals surface area contributed by atoms with E-state index in [0.717, 1.165) is 25.9 Å². The molecule has 0 aromatic rings. The second-order valence-electron chi connectivity index (χ2n) is 13.9. The molecule has 0 aromatic carbocycles. The monoisotopic (exact) mass is 589 g/mol. The summed E-state index contributed by atoms with van der Waals surface area (Å²) in [5.41, 5.74) is -5.38. The third-order valence-corrected chi connectivity index (χ3v) is 11.5. The molecule has 0 amide bonds. The van der Waals surface area contributed by atoms with E-state index in [9.17, 15) is 24.6 Å². The van der Waals surface area contributed by atoms with Crippen LogP contribution in [0.5, 0.6) is 0 Å². The summed E-state index contributed by atoms with van der Waals surface area (Å²) < 4.78 is 22.6. The number of allylic oxidation sites excluding steroid dienone is 4. The van der Waals surface area contributed by atoms with Crippen LogP contribution in [0.25, 0.3) is 0 Å². The molecule has 0 heterocycles. The Morgan fingerprint density at radius 2 is 1.79 bits per heavy atom. The van der Waals surface area contributed by atoms with Crippen molar-refractivity contribution in [3.8, 4) is 0 Å². The maximum absolute atomic E-state index is 17.3. The van der Waals surface area contributed by atoms with Crippen molar-refractivity contribution in [1.29, 1.82) is 0 Å². The zero-order valence-electron chi connectivity index (χ0n) is 26.1. The van der Waals surface area contributed by atoms with Crippen molar-refractivity contribution in [3.05, 3.63) is 23.8 Å². The van der Waals surface area contributed by atoms with Crippen LogP contribution in [-0.4, -0.2) is 64.8 Å². The van der Waals surface area contributed by atoms with E-state index in [4.69, 9.17) is 4.74 Å². The fourth-order valence-corrected chi connectivity index (χ4v) is 8.97. The molecule has 0 unspecified atom stereocenters. The second kappa shape index (κ2) is 13.0. The first-order chi connectivity index (χ1) is 19.9. The van der Waals surface area contributed by atoms with Gasteiger partial charge in [-0.3, -0.25) is 14.4 Å². The minimum Gasteiger partial charge on any atom is -0.458 e. The number of hydrogen-bond donors (Lipinski definition) is 3. The number of Topliss-reactive ketones (excluding diaryl/α,β-unsaturated/α-hetero) is 1. The number of aliphatic hydroxyl groups excluding tert-OH is 1. The van der Waals surface area contributed by atoms with E-state index in [1.165, 1.54) is 37.8 Å². The van der Waals surface area contributed by atoms with Gasteiger partial charge in [-0.1, -0.05) is 58.1 Å². The lowest BCUT2D eigenvalue weighted by molar-refractivity contribution is -0.220. The number of carbonyl (C=O) groups excluding carboxylic acids is 3. The molecule has 3 saturated carbocycles. The molecule has 8 atom stereocenters. The highest BCUT2D eigenvalue weighted by atomic mass is 19.1. The first kappa shape index (κ1) is 33.0.